The second-order valence-electron chi connectivity index (χ2n) is 2.38. The van der Waals surface area contributed by atoms with Gasteiger partial charge in [0.1, 0.15) is 12.2 Å². The molecule has 1 rings (SSSR count). The third-order valence-electron chi connectivity index (χ3n) is 1.63. The standard InChI is InChI=1S/C8H12O/c1-2-7-9-8-5-3-4-6-8/h8H,3-6H2,1H3. The van der Waals surface area contributed by atoms with E-state index in [0.29, 0.717) is 6.10 Å². The lowest BCUT2D eigenvalue weighted by molar-refractivity contribution is 0.173. The average Bonchev–Trinajstić information content (AvgIpc) is 2.34. The first-order valence-corrected chi connectivity index (χ1v) is 3.51. The van der Waals surface area contributed by atoms with E-state index in [2.05, 4.69) is 12.0 Å². The number of hydrogen-bond donors (Lipinski definition) is 0. The average molecular weight is 124 g/mol. The maximum atomic E-state index is 5.19. The molecule has 0 saturated heterocycles. The van der Waals surface area contributed by atoms with Crippen molar-refractivity contribution in [3.63, 3.8) is 0 Å². The van der Waals surface area contributed by atoms with Crippen LogP contribution in [0.5, 0.6) is 0 Å². The van der Waals surface area contributed by atoms with Gasteiger partial charge in [-0.3, -0.25) is 0 Å². The van der Waals surface area contributed by atoms with Gasteiger partial charge in [-0.2, -0.15) is 0 Å². The molecule has 0 amide bonds. The molecular weight excluding hydrogens is 112 g/mol. The van der Waals surface area contributed by atoms with E-state index in [1.54, 1.807) is 6.92 Å². The van der Waals surface area contributed by atoms with E-state index in [0.717, 1.165) is 0 Å². The molecule has 0 heterocycles. The zero-order valence-electron chi connectivity index (χ0n) is 5.81. The minimum atomic E-state index is 0.442. The van der Waals surface area contributed by atoms with Gasteiger partial charge in [0.15, 0.2) is 0 Å². The molecule has 0 radical (unpaired) electrons. The largest absolute Gasteiger partial charge is 0.443 e. The van der Waals surface area contributed by atoms with Gasteiger partial charge in [-0.15, -0.1) is 0 Å². The van der Waals surface area contributed by atoms with Crippen LogP contribution in [0.2, 0.25) is 0 Å². The van der Waals surface area contributed by atoms with Crippen molar-refractivity contribution in [3.05, 3.63) is 0 Å². The zero-order chi connectivity index (χ0) is 6.53. The van der Waals surface area contributed by atoms with Crippen LogP contribution in [0.3, 0.4) is 0 Å². The molecule has 1 saturated carbocycles. The molecule has 1 heteroatoms. The Morgan fingerprint density at radius 3 is 2.56 bits per heavy atom. The van der Waals surface area contributed by atoms with E-state index < -0.39 is 0 Å². The highest BCUT2D eigenvalue weighted by molar-refractivity contribution is 4.87. The van der Waals surface area contributed by atoms with Gasteiger partial charge < -0.3 is 4.74 Å². The van der Waals surface area contributed by atoms with Gasteiger partial charge in [-0.1, -0.05) is 5.92 Å². The molecule has 0 spiro atoms. The van der Waals surface area contributed by atoms with E-state index in [1.165, 1.54) is 25.7 Å². The minimum Gasteiger partial charge on any atom is -0.443 e. The molecule has 1 fully saturated rings. The SMILES string of the molecule is CC#COC1CCCC1. The quantitative estimate of drug-likeness (QED) is 0.485. The fourth-order valence-corrected chi connectivity index (χ4v) is 1.15. The summed E-state index contributed by atoms with van der Waals surface area (Å²) in [6.07, 6.45) is 8.12. The molecule has 0 unspecified atom stereocenters. The topological polar surface area (TPSA) is 9.23 Å². The molecule has 1 aliphatic carbocycles. The number of rotatable bonds is 1. The highest BCUT2D eigenvalue weighted by atomic mass is 16.5. The Morgan fingerprint density at radius 1 is 1.33 bits per heavy atom. The molecule has 0 bridgehead atoms. The summed E-state index contributed by atoms with van der Waals surface area (Å²) in [5, 5.41) is 0. The van der Waals surface area contributed by atoms with Gasteiger partial charge >= 0.3 is 0 Å². The van der Waals surface area contributed by atoms with Gasteiger partial charge in [0.05, 0.1) is 0 Å². The van der Waals surface area contributed by atoms with E-state index in [-0.39, 0.29) is 0 Å². The fourth-order valence-electron chi connectivity index (χ4n) is 1.15. The summed E-state index contributed by atoms with van der Waals surface area (Å²) < 4.78 is 5.19. The van der Waals surface area contributed by atoms with E-state index in [4.69, 9.17) is 4.74 Å². The summed E-state index contributed by atoms with van der Waals surface area (Å²) in [6.45, 7) is 1.80. The van der Waals surface area contributed by atoms with Crippen molar-refractivity contribution in [2.24, 2.45) is 0 Å². The predicted molar refractivity (Wildman–Crippen MR) is 36.8 cm³/mol. The Kier molecular flexibility index (Phi) is 2.45. The molecule has 0 aromatic rings. The van der Waals surface area contributed by atoms with E-state index in [1.807, 2.05) is 0 Å². The molecule has 0 aliphatic heterocycles. The summed E-state index contributed by atoms with van der Waals surface area (Å²) in [7, 11) is 0. The van der Waals surface area contributed by atoms with Crippen molar-refractivity contribution in [2.75, 3.05) is 0 Å². The number of hydrogen-bond acceptors (Lipinski definition) is 1. The zero-order valence-corrected chi connectivity index (χ0v) is 5.81. The predicted octanol–water partition coefficient (Wildman–Crippen LogP) is 1.93. The molecule has 0 aromatic heterocycles. The van der Waals surface area contributed by atoms with Gasteiger partial charge in [-0.05, 0) is 25.7 Å². The summed E-state index contributed by atoms with van der Waals surface area (Å²) in [5.74, 6) is 2.72. The lowest BCUT2D eigenvalue weighted by Crippen LogP contribution is -2.01. The van der Waals surface area contributed by atoms with Gasteiger partial charge in [0, 0.05) is 6.92 Å². The van der Waals surface area contributed by atoms with Crippen molar-refractivity contribution in [1.82, 2.24) is 0 Å². The van der Waals surface area contributed by atoms with Crippen LogP contribution in [0.1, 0.15) is 32.6 Å². The van der Waals surface area contributed by atoms with E-state index in [9.17, 15) is 0 Å². The van der Waals surface area contributed by atoms with Crippen molar-refractivity contribution < 1.29 is 4.74 Å². The molecule has 0 N–H and O–H groups in total. The maximum absolute atomic E-state index is 5.19. The summed E-state index contributed by atoms with van der Waals surface area (Å²) in [5.41, 5.74) is 0. The van der Waals surface area contributed by atoms with Crippen molar-refractivity contribution in [1.29, 1.82) is 0 Å². The van der Waals surface area contributed by atoms with Crippen LogP contribution in [0.4, 0.5) is 0 Å². The highest BCUT2D eigenvalue weighted by Crippen LogP contribution is 2.20. The number of ether oxygens (including phenoxy) is 1. The van der Waals surface area contributed by atoms with Crippen molar-refractivity contribution in [2.45, 2.75) is 38.7 Å². The van der Waals surface area contributed by atoms with Crippen LogP contribution in [-0.4, -0.2) is 6.10 Å². The molecule has 9 heavy (non-hydrogen) atoms. The molecule has 50 valence electrons. The van der Waals surface area contributed by atoms with Gasteiger partial charge in [-0.25, -0.2) is 0 Å². The minimum absolute atomic E-state index is 0.442. The highest BCUT2D eigenvalue weighted by Gasteiger charge is 2.14. The van der Waals surface area contributed by atoms with Gasteiger partial charge in [0.2, 0.25) is 0 Å². The van der Waals surface area contributed by atoms with Crippen molar-refractivity contribution >= 4 is 0 Å². The molecule has 0 atom stereocenters. The Morgan fingerprint density at radius 2 is 2.00 bits per heavy atom. The molecule has 1 nitrogen and oxygen atoms in total. The second-order valence-corrected chi connectivity index (χ2v) is 2.38. The van der Waals surface area contributed by atoms with Crippen LogP contribution in [0.15, 0.2) is 0 Å². The third-order valence-corrected chi connectivity index (χ3v) is 1.63. The van der Waals surface area contributed by atoms with Crippen LogP contribution in [0.25, 0.3) is 0 Å². The second kappa shape index (κ2) is 3.40. The lowest BCUT2D eigenvalue weighted by atomic mass is 10.3. The Hall–Kier alpha value is -0.640. The first kappa shape index (κ1) is 6.48. The Balaban J connectivity index is 2.16. The van der Waals surface area contributed by atoms with Crippen LogP contribution < -0.4 is 0 Å². The maximum Gasteiger partial charge on any atom is 0.110 e. The normalized spacial score (nSPS) is 18.8. The Labute approximate surface area is 56.4 Å². The molecular formula is C8H12O. The molecule has 0 aromatic carbocycles. The lowest BCUT2D eigenvalue weighted by Gasteiger charge is -2.03. The smallest absolute Gasteiger partial charge is 0.110 e. The van der Waals surface area contributed by atoms with Crippen LogP contribution in [-0.2, 0) is 4.74 Å². The fraction of sp³-hybridized carbons (Fsp3) is 0.750. The summed E-state index contributed by atoms with van der Waals surface area (Å²) in [6, 6.07) is 0. The Bertz CT molecular complexity index is 123. The van der Waals surface area contributed by atoms with Crippen LogP contribution >= 0.6 is 0 Å². The third kappa shape index (κ3) is 1.97. The van der Waals surface area contributed by atoms with Gasteiger partial charge in [0.25, 0.3) is 0 Å². The summed E-state index contributed by atoms with van der Waals surface area (Å²) in [4.78, 5) is 0. The molecule has 1 aliphatic rings. The van der Waals surface area contributed by atoms with Crippen molar-refractivity contribution in [3.8, 4) is 12.0 Å². The first-order valence-electron chi connectivity index (χ1n) is 3.51. The van der Waals surface area contributed by atoms with Crippen LogP contribution in [0, 0.1) is 12.0 Å². The summed E-state index contributed by atoms with van der Waals surface area (Å²) >= 11 is 0. The van der Waals surface area contributed by atoms with E-state index >= 15 is 0 Å². The first-order chi connectivity index (χ1) is 4.43. The monoisotopic (exact) mass is 124 g/mol.